The van der Waals surface area contributed by atoms with Crippen LogP contribution in [0.15, 0.2) is 27.6 Å². The summed E-state index contributed by atoms with van der Waals surface area (Å²) in [7, 11) is -3.62. The number of nitrogens with two attached hydrogens (primary N) is 1. The largest absolute Gasteiger partial charge is 0.398 e. The fraction of sp³-hybridized carbons (Fsp3) is 0.538. The van der Waals surface area contributed by atoms with Gasteiger partial charge in [0.2, 0.25) is 10.0 Å². The number of ether oxygens (including phenoxy) is 1. The Bertz CT molecular complexity index is 616. The Morgan fingerprint density at radius 3 is 2.75 bits per heavy atom. The van der Waals surface area contributed by atoms with E-state index in [0.29, 0.717) is 23.4 Å². The number of rotatable bonds is 4. The molecule has 2 unspecified atom stereocenters. The maximum atomic E-state index is 12.5. The third-order valence-electron chi connectivity index (χ3n) is 3.79. The number of anilines is 1. The summed E-state index contributed by atoms with van der Waals surface area (Å²) in [5.41, 5.74) is 6.04. The monoisotopic (exact) mass is 360 g/mol. The van der Waals surface area contributed by atoms with Gasteiger partial charge in [0, 0.05) is 11.1 Å². The van der Waals surface area contributed by atoms with E-state index in [1.165, 1.54) is 6.07 Å². The molecule has 0 spiro atoms. The Kier molecular flexibility index (Phi) is 3.79. The first-order chi connectivity index (χ1) is 9.47. The summed E-state index contributed by atoms with van der Waals surface area (Å²) in [6.45, 7) is 0.613. The second-order valence-corrected chi connectivity index (χ2v) is 7.97. The SMILES string of the molecule is Nc1ccc(Br)cc1S(=O)(=O)NC1CCOC1C1CC1. The Hall–Kier alpha value is -0.630. The van der Waals surface area contributed by atoms with Crippen LogP contribution in [0.1, 0.15) is 19.3 Å². The van der Waals surface area contributed by atoms with Gasteiger partial charge in [-0.15, -0.1) is 0 Å². The van der Waals surface area contributed by atoms with Crippen molar-refractivity contribution in [3.05, 3.63) is 22.7 Å². The molecule has 110 valence electrons. The number of halogens is 1. The highest BCUT2D eigenvalue weighted by Crippen LogP contribution is 2.39. The number of hydrogen-bond acceptors (Lipinski definition) is 4. The predicted molar refractivity (Wildman–Crippen MR) is 79.7 cm³/mol. The second-order valence-electron chi connectivity index (χ2n) is 5.37. The Labute approximate surface area is 127 Å². The zero-order chi connectivity index (χ0) is 14.3. The van der Waals surface area contributed by atoms with Crippen molar-refractivity contribution in [2.24, 2.45) is 5.92 Å². The van der Waals surface area contributed by atoms with Gasteiger partial charge in [0.15, 0.2) is 0 Å². The Morgan fingerprint density at radius 1 is 1.30 bits per heavy atom. The summed E-state index contributed by atoms with van der Waals surface area (Å²) in [6, 6.07) is 4.69. The highest BCUT2D eigenvalue weighted by atomic mass is 79.9. The van der Waals surface area contributed by atoms with Crippen LogP contribution < -0.4 is 10.5 Å². The average Bonchev–Trinajstić information content (AvgIpc) is 3.13. The minimum Gasteiger partial charge on any atom is -0.398 e. The van der Waals surface area contributed by atoms with Crippen LogP contribution in [0.25, 0.3) is 0 Å². The highest BCUT2D eigenvalue weighted by molar-refractivity contribution is 9.10. The van der Waals surface area contributed by atoms with Crippen LogP contribution in [0.5, 0.6) is 0 Å². The first-order valence-corrected chi connectivity index (χ1v) is 8.94. The van der Waals surface area contributed by atoms with E-state index in [1.807, 2.05) is 0 Å². The van der Waals surface area contributed by atoms with Crippen LogP contribution in [0.2, 0.25) is 0 Å². The summed E-state index contributed by atoms with van der Waals surface area (Å²) < 4.78 is 34.1. The molecule has 1 aliphatic carbocycles. The molecule has 1 aromatic carbocycles. The topological polar surface area (TPSA) is 81.4 Å². The van der Waals surface area contributed by atoms with Gasteiger partial charge in [-0.2, -0.15) is 0 Å². The lowest BCUT2D eigenvalue weighted by Gasteiger charge is -2.20. The molecule has 1 heterocycles. The zero-order valence-electron chi connectivity index (χ0n) is 10.9. The Morgan fingerprint density at radius 2 is 2.05 bits per heavy atom. The van der Waals surface area contributed by atoms with Gasteiger partial charge in [-0.05, 0) is 43.4 Å². The average molecular weight is 361 g/mol. The highest BCUT2D eigenvalue weighted by Gasteiger charge is 2.42. The van der Waals surface area contributed by atoms with Crippen molar-refractivity contribution in [2.75, 3.05) is 12.3 Å². The molecule has 0 amide bonds. The van der Waals surface area contributed by atoms with E-state index in [0.717, 1.165) is 12.8 Å². The smallest absolute Gasteiger partial charge is 0.242 e. The molecule has 20 heavy (non-hydrogen) atoms. The quantitative estimate of drug-likeness (QED) is 0.803. The molecule has 7 heteroatoms. The van der Waals surface area contributed by atoms with Crippen molar-refractivity contribution in [3.63, 3.8) is 0 Å². The molecule has 0 bridgehead atoms. The first kappa shape index (κ1) is 14.3. The van der Waals surface area contributed by atoms with Crippen LogP contribution in [0.3, 0.4) is 0 Å². The predicted octanol–water partition coefficient (Wildman–Crippen LogP) is 1.88. The molecule has 2 aliphatic rings. The fourth-order valence-electron chi connectivity index (χ4n) is 2.63. The van der Waals surface area contributed by atoms with E-state index < -0.39 is 10.0 Å². The standard InChI is InChI=1S/C13H17BrN2O3S/c14-9-3-4-10(15)12(7-9)20(17,18)16-11-5-6-19-13(11)8-1-2-8/h3-4,7-8,11,13,16H,1-2,5-6,15H2. The molecule has 2 fully saturated rings. The van der Waals surface area contributed by atoms with Gasteiger partial charge in [-0.25, -0.2) is 13.1 Å². The van der Waals surface area contributed by atoms with Crippen molar-refractivity contribution < 1.29 is 13.2 Å². The zero-order valence-corrected chi connectivity index (χ0v) is 13.3. The third-order valence-corrected chi connectivity index (χ3v) is 5.83. The van der Waals surface area contributed by atoms with Gasteiger partial charge in [-0.1, -0.05) is 15.9 Å². The number of nitrogen functional groups attached to an aromatic ring is 1. The lowest BCUT2D eigenvalue weighted by Crippen LogP contribution is -2.41. The normalized spacial score (nSPS) is 26.9. The lowest BCUT2D eigenvalue weighted by molar-refractivity contribution is 0.0848. The maximum Gasteiger partial charge on any atom is 0.242 e. The molecule has 0 radical (unpaired) electrons. The van der Waals surface area contributed by atoms with Crippen LogP contribution >= 0.6 is 15.9 Å². The second kappa shape index (κ2) is 5.29. The molecule has 1 saturated carbocycles. The number of sulfonamides is 1. The van der Waals surface area contributed by atoms with Crippen molar-refractivity contribution >= 4 is 31.6 Å². The molecule has 0 aromatic heterocycles. The first-order valence-electron chi connectivity index (χ1n) is 6.66. The van der Waals surface area contributed by atoms with Crippen molar-refractivity contribution in [1.29, 1.82) is 0 Å². The number of nitrogens with one attached hydrogen (secondary N) is 1. The molecular formula is C13H17BrN2O3S. The Balaban J connectivity index is 1.83. The van der Waals surface area contributed by atoms with Crippen molar-refractivity contribution in [1.82, 2.24) is 4.72 Å². The van der Waals surface area contributed by atoms with Gasteiger partial charge in [0.05, 0.1) is 17.8 Å². The van der Waals surface area contributed by atoms with E-state index in [9.17, 15) is 8.42 Å². The molecular weight excluding hydrogens is 344 g/mol. The minimum absolute atomic E-state index is 0.0122. The summed E-state index contributed by atoms with van der Waals surface area (Å²) in [6.07, 6.45) is 2.98. The van der Waals surface area contributed by atoms with Crippen molar-refractivity contribution in [2.45, 2.75) is 36.3 Å². The molecule has 3 rings (SSSR count). The minimum atomic E-state index is -3.62. The third kappa shape index (κ3) is 2.86. The molecule has 2 atom stereocenters. The maximum absolute atomic E-state index is 12.5. The summed E-state index contributed by atoms with van der Waals surface area (Å²) >= 11 is 3.27. The van der Waals surface area contributed by atoms with E-state index in [2.05, 4.69) is 20.7 Å². The van der Waals surface area contributed by atoms with Crippen molar-refractivity contribution in [3.8, 4) is 0 Å². The summed E-state index contributed by atoms with van der Waals surface area (Å²) in [5, 5.41) is 0. The van der Waals surface area contributed by atoms with E-state index in [1.54, 1.807) is 12.1 Å². The number of hydrogen-bond donors (Lipinski definition) is 2. The van der Waals surface area contributed by atoms with E-state index >= 15 is 0 Å². The van der Waals surface area contributed by atoms with Gasteiger partial charge < -0.3 is 10.5 Å². The molecule has 1 aliphatic heterocycles. The van der Waals surface area contributed by atoms with Gasteiger partial charge >= 0.3 is 0 Å². The van der Waals surface area contributed by atoms with Crippen LogP contribution in [-0.2, 0) is 14.8 Å². The summed E-state index contributed by atoms with van der Waals surface area (Å²) in [4.78, 5) is 0.119. The van der Waals surface area contributed by atoms with Gasteiger partial charge in [0.1, 0.15) is 4.90 Å². The summed E-state index contributed by atoms with van der Waals surface area (Å²) in [5.74, 6) is 0.505. The van der Waals surface area contributed by atoms with Crippen LogP contribution in [0.4, 0.5) is 5.69 Å². The van der Waals surface area contributed by atoms with E-state index in [-0.39, 0.29) is 22.7 Å². The molecule has 1 saturated heterocycles. The van der Waals surface area contributed by atoms with Gasteiger partial charge in [0.25, 0.3) is 0 Å². The fourth-order valence-corrected chi connectivity index (χ4v) is 4.58. The molecule has 5 nitrogen and oxygen atoms in total. The number of benzene rings is 1. The van der Waals surface area contributed by atoms with Crippen LogP contribution in [-0.4, -0.2) is 27.2 Å². The van der Waals surface area contributed by atoms with Gasteiger partial charge in [-0.3, -0.25) is 0 Å². The lowest BCUT2D eigenvalue weighted by atomic mass is 10.1. The van der Waals surface area contributed by atoms with E-state index in [4.69, 9.17) is 10.5 Å². The molecule has 3 N–H and O–H groups in total. The molecule has 1 aromatic rings. The van der Waals surface area contributed by atoms with Crippen LogP contribution in [0, 0.1) is 5.92 Å².